The Morgan fingerprint density at radius 2 is 2.21 bits per heavy atom. The molecule has 0 unspecified atom stereocenters. The molecule has 0 saturated carbocycles. The van der Waals surface area contributed by atoms with Gasteiger partial charge in [0.25, 0.3) is 0 Å². The molecular weight excluding hydrogens is 207 g/mol. The topological polar surface area (TPSA) is 47.3 Å². The standard InChI is InChI=1S/C9H13FN2O.ClH/c1-13-5-4-12-9-3-2-7(10)6-8(9)11;/h2-3,6,12H,4-5,11H2,1H3;1H. The first-order valence-electron chi connectivity index (χ1n) is 4.02. The largest absolute Gasteiger partial charge is 0.397 e. The maximum Gasteiger partial charge on any atom is 0.125 e. The number of hydrogen-bond donors (Lipinski definition) is 2. The summed E-state index contributed by atoms with van der Waals surface area (Å²) in [4.78, 5) is 0. The highest BCUT2D eigenvalue weighted by Crippen LogP contribution is 2.18. The molecular formula is C9H14ClFN2O. The summed E-state index contributed by atoms with van der Waals surface area (Å²) in [6, 6.07) is 4.26. The van der Waals surface area contributed by atoms with Gasteiger partial charge >= 0.3 is 0 Å². The van der Waals surface area contributed by atoms with E-state index in [2.05, 4.69) is 5.32 Å². The molecule has 0 aromatic heterocycles. The number of hydrogen-bond acceptors (Lipinski definition) is 3. The van der Waals surface area contributed by atoms with Crippen molar-refractivity contribution in [1.82, 2.24) is 0 Å². The summed E-state index contributed by atoms with van der Waals surface area (Å²) in [5, 5.41) is 3.02. The quantitative estimate of drug-likeness (QED) is 0.602. The Kier molecular flexibility index (Phi) is 5.99. The highest BCUT2D eigenvalue weighted by atomic mass is 35.5. The lowest BCUT2D eigenvalue weighted by Crippen LogP contribution is -2.09. The van der Waals surface area contributed by atoms with Gasteiger partial charge in [0, 0.05) is 13.7 Å². The van der Waals surface area contributed by atoms with E-state index in [1.807, 2.05) is 0 Å². The van der Waals surface area contributed by atoms with Gasteiger partial charge in [0.05, 0.1) is 18.0 Å². The average Bonchev–Trinajstić information content (AvgIpc) is 2.09. The number of nitrogen functional groups attached to an aromatic ring is 1. The van der Waals surface area contributed by atoms with E-state index in [9.17, 15) is 4.39 Å². The van der Waals surface area contributed by atoms with Crippen LogP contribution in [0.4, 0.5) is 15.8 Å². The molecule has 0 fully saturated rings. The van der Waals surface area contributed by atoms with Crippen molar-refractivity contribution in [2.45, 2.75) is 0 Å². The number of nitrogens with two attached hydrogens (primary N) is 1. The molecule has 0 aliphatic heterocycles. The van der Waals surface area contributed by atoms with Gasteiger partial charge in [0.1, 0.15) is 5.82 Å². The molecule has 1 aromatic carbocycles. The fraction of sp³-hybridized carbons (Fsp3) is 0.333. The Balaban J connectivity index is 0.00000169. The zero-order chi connectivity index (χ0) is 9.68. The Bertz CT molecular complexity index is 284. The van der Waals surface area contributed by atoms with Crippen LogP contribution in [0.1, 0.15) is 0 Å². The fourth-order valence-electron chi connectivity index (χ4n) is 0.982. The smallest absolute Gasteiger partial charge is 0.125 e. The van der Waals surface area contributed by atoms with Crippen LogP contribution in [0.15, 0.2) is 18.2 Å². The molecule has 0 atom stereocenters. The van der Waals surface area contributed by atoms with Gasteiger partial charge in [-0.05, 0) is 18.2 Å². The lowest BCUT2D eigenvalue weighted by atomic mass is 10.2. The van der Waals surface area contributed by atoms with Crippen LogP contribution >= 0.6 is 12.4 Å². The third-order valence-electron chi connectivity index (χ3n) is 1.64. The van der Waals surface area contributed by atoms with Crippen LogP contribution < -0.4 is 11.1 Å². The van der Waals surface area contributed by atoms with E-state index >= 15 is 0 Å². The minimum absolute atomic E-state index is 0. The van der Waals surface area contributed by atoms with Crippen molar-refractivity contribution in [3.05, 3.63) is 24.0 Å². The summed E-state index contributed by atoms with van der Waals surface area (Å²) in [5.41, 5.74) is 6.71. The van der Waals surface area contributed by atoms with Gasteiger partial charge in [-0.3, -0.25) is 0 Å². The van der Waals surface area contributed by atoms with Gasteiger partial charge < -0.3 is 15.8 Å². The minimum atomic E-state index is -0.324. The number of methoxy groups -OCH3 is 1. The Morgan fingerprint density at radius 3 is 2.79 bits per heavy atom. The van der Waals surface area contributed by atoms with E-state index in [1.54, 1.807) is 13.2 Å². The molecule has 14 heavy (non-hydrogen) atoms. The van der Waals surface area contributed by atoms with Gasteiger partial charge in [-0.25, -0.2) is 4.39 Å². The minimum Gasteiger partial charge on any atom is -0.397 e. The molecule has 3 N–H and O–H groups in total. The van der Waals surface area contributed by atoms with Crippen molar-refractivity contribution in [3.63, 3.8) is 0 Å². The molecule has 0 heterocycles. The number of ether oxygens (including phenoxy) is 1. The van der Waals surface area contributed by atoms with Gasteiger partial charge in [-0.15, -0.1) is 12.4 Å². The lowest BCUT2D eigenvalue weighted by molar-refractivity contribution is 0.211. The van der Waals surface area contributed by atoms with E-state index in [0.29, 0.717) is 18.8 Å². The number of anilines is 2. The molecule has 0 spiro atoms. The predicted octanol–water partition coefficient (Wildman–Crippen LogP) is 1.89. The molecule has 3 nitrogen and oxygen atoms in total. The first-order valence-corrected chi connectivity index (χ1v) is 4.02. The van der Waals surface area contributed by atoms with Gasteiger partial charge in [0.2, 0.25) is 0 Å². The summed E-state index contributed by atoms with van der Waals surface area (Å²) in [6.07, 6.45) is 0. The van der Waals surface area contributed by atoms with Crippen molar-refractivity contribution in [2.24, 2.45) is 0 Å². The summed E-state index contributed by atoms with van der Waals surface area (Å²) in [7, 11) is 1.62. The Morgan fingerprint density at radius 1 is 1.50 bits per heavy atom. The van der Waals surface area contributed by atoms with Crippen molar-refractivity contribution in [1.29, 1.82) is 0 Å². The molecule has 80 valence electrons. The van der Waals surface area contributed by atoms with Crippen molar-refractivity contribution >= 4 is 23.8 Å². The van der Waals surface area contributed by atoms with Crippen LogP contribution in [0.5, 0.6) is 0 Å². The van der Waals surface area contributed by atoms with Gasteiger partial charge in [0.15, 0.2) is 0 Å². The van der Waals surface area contributed by atoms with Crippen LogP contribution in [0.3, 0.4) is 0 Å². The zero-order valence-electron chi connectivity index (χ0n) is 7.92. The second kappa shape index (κ2) is 6.45. The SMILES string of the molecule is COCCNc1ccc(F)cc1N.Cl. The van der Waals surface area contributed by atoms with Gasteiger partial charge in [-0.1, -0.05) is 0 Å². The number of halogens is 2. The molecule has 1 rings (SSSR count). The molecule has 0 amide bonds. The van der Waals surface area contributed by atoms with Crippen molar-refractivity contribution in [2.75, 3.05) is 31.3 Å². The Labute approximate surface area is 88.8 Å². The van der Waals surface area contributed by atoms with Crippen LogP contribution in [-0.4, -0.2) is 20.3 Å². The maximum absolute atomic E-state index is 12.6. The molecule has 0 radical (unpaired) electrons. The molecule has 0 aliphatic rings. The fourth-order valence-corrected chi connectivity index (χ4v) is 0.982. The molecule has 1 aromatic rings. The highest BCUT2D eigenvalue weighted by molar-refractivity contribution is 5.85. The second-order valence-electron chi connectivity index (χ2n) is 2.65. The van der Waals surface area contributed by atoms with Crippen molar-refractivity contribution < 1.29 is 9.13 Å². The lowest BCUT2D eigenvalue weighted by Gasteiger charge is -2.08. The third-order valence-corrected chi connectivity index (χ3v) is 1.64. The number of nitrogens with one attached hydrogen (secondary N) is 1. The second-order valence-corrected chi connectivity index (χ2v) is 2.65. The molecule has 0 aliphatic carbocycles. The summed E-state index contributed by atoms with van der Waals surface area (Å²) < 4.78 is 17.5. The monoisotopic (exact) mass is 220 g/mol. The van der Waals surface area contributed by atoms with E-state index in [0.717, 1.165) is 5.69 Å². The summed E-state index contributed by atoms with van der Waals surface area (Å²) in [6.45, 7) is 1.25. The number of benzene rings is 1. The van der Waals surface area contributed by atoms with Crippen LogP contribution in [0.2, 0.25) is 0 Å². The summed E-state index contributed by atoms with van der Waals surface area (Å²) >= 11 is 0. The first kappa shape index (κ1) is 13.0. The van der Waals surface area contributed by atoms with Gasteiger partial charge in [-0.2, -0.15) is 0 Å². The van der Waals surface area contributed by atoms with Crippen molar-refractivity contribution in [3.8, 4) is 0 Å². The van der Waals surface area contributed by atoms with E-state index in [-0.39, 0.29) is 18.2 Å². The molecule has 0 saturated heterocycles. The highest BCUT2D eigenvalue weighted by Gasteiger charge is 1.98. The van der Waals surface area contributed by atoms with Crippen LogP contribution in [0.25, 0.3) is 0 Å². The van der Waals surface area contributed by atoms with E-state index < -0.39 is 0 Å². The summed E-state index contributed by atoms with van der Waals surface area (Å²) in [5.74, 6) is -0.324. The van der Waals surface area contributed by atoms with Crippen LogP contribution in [0, 0.1) is 5.82 Å². The number of rotatable bonds is 4. The molecule has 0 bridgehead atoms. The maximum atomic E-state index is 12.6. The normalized spacial score (nSPS) is 9.29. The third kappa shape index (κ3) is 3.81. The average molecular weight is 221 g/mol. The van der Waals surface area contributed by atoms with Crippen LogP contribution in [-0.2, 0) is 4.74 Å². The molecule has 5 heteroatoms. The Hall–Kier alpha value is -1.00. The predicted molar refractivity (Wildman–Crippen MR) is 58.4 cm³/mol. The zero-order valence-corrected chi connectivity index (χ0v) is 8.73. The first-order chi connectivity index (χ1) is 6.24. The van der Waals surface area contributed by atoms with E-state index in [4.69, 9.17) is 10.5 Å². The van der Waals surface area contributed by atoms with E-state index in [1.165, 1.54) is 12.1 Å².